The lowest BCUT2D eigenvalue weighted by Crippen LogP contribution is -2.64. The summed E-state index contributed by atoms with van der Waals surface area (Å²) in [5, 5.41) is 0. The Morgan fingerprint density at radius 3 is 0.857 bits per heavy atom. The van der Waals surface area contributed by atoms with E-state index in [0.717, 1.165) is 25.7 Å². The number of rotatable bonds is 5. The quantitative estimate of drug-likeness (QED) is 0.782. The van der Waals surface area contributed by atoms with E-state index in [4.69, 9.17) is 11.5 Å². The summed E-state index contributed by atoms with van der Waals surface area (Å²) in [4.78, 5) is 0. The van der Waals surface area contributed by atoms with E-state index >= 15 is 0 Å². The first-order chi connectivity index (χ1) is 5.49. The van der Waals surface area contributed by atoms with E-state index in [2.05, 4.69) is 27.7 Å². The molecule has 0 saturated heterocycles. The van der Waals surface area contributed by atoms with Crippen LogP contribution in [0.4, 0.5) is 0 Å². The van der Waals surface area contributed by atoms with Gasteiger partial charge in [0.05, 0.1) is 0 Å². The van der Waals surface area contributed by atoms with Crippen LogP contribution in [0.5, 0.6) is 0 Å². The van der Waals surface area contributed by atoms with E-state index in [1.807, 2.05) is 0 Å². The largest absolute Gasteiger partial charge is 0.324 e. The summed E-state index contributed by atoms with van der Waals surface area (Å²) in [5.74, 6) is 0. The Morgan fingerprint density at radius 1 is 0.643 bits per heavy atom. The summed E-state index contributed by atoms with van der Waals surface area (Å²) in [6.45, 7) is 8.49. The van der Waals surface area contributed by atoms with Gasteiger partial charge in [-0.3, -0.25) is 0 Å². The zero-order valence-electron chi connectivity index (χ0n) is 9.80. The van der Waals surface area contributed by atoms with Crippen molar-refractivity contribution < 1.29 is 0 Å². The summed E-state index contributed by atoms with van der Waals surface area (Å²) in [6, 6.07) is 0. The highest BCUT2D eigenvalue weighted by atomic mass is 35.5. The van der Waals surface area contributed by atoms with Crippen molar-refractivity contribution in [3.63, 3.8) is 0 Å². The molecule has 0 aromatic rings. The van der Waals surface area contributed by atoms with Crippen LogP contribution >= 0.6 is 24.8 Å². The molecule has 0 saturated carbocycles. The lowest BCUT2D eigenvalue weighted by atomic mass is 9.71. The van der Waals surface area contributed by atoms with Crippen LogP contribution in [0.25, 0.3) is 0 Å². The van der Waals surface area contributed by atoms with E-state index in [0.29, 0.717) is 0 Å². The van der Waals surface area contributed by atoms with Crippen molar-refractivity contribution in [2.24, 2.45) is 11.5 Å². The zero-order valence-corrected chi connectivity index (χ0v) is 11.4. The second-order valence-corrected chi connectivity index (χ2v) is 3.73. The molecule has 14 heavy (non-hydrogen) atoms. The molecule has 0 unspecified atom stereocenters. The van der Waals surface area contributed by atoms with Crippen molar-refractivity contribution >= 4 is 24.8 Å². The highest BCUT2D eigenvalue weighted by Crippen LogP contribution is 2.29. The van der Waals surface area contributed by atoms with Crippen LogP contribution in [0.15, 0.2) is 0 Å². The molecule has 0 bridgehead atoms. The molecule has 0 aliphatic carbocycles. The predicted octanol–water partition coefficient (Wildman–Crippen LogP) is 2.87. The molecular weight excluding hydrogens is 219 g/mol. The molecule has 0 rings (SSSR count). The van der Waals surface area contributed by atoms with E-state index in [-0.39, 0.29) is 35.9 Å². The molecule has 4 heteroatoms. The van der Waals surface area contributed by atoms with E-state index in [1.54, 1.807) is 0 Å². The van der Waals surface area contributed by atoms with Crippen molar-refractivity contribution in [2.75, 3.05) is 0 Å². The topological polar surface area (TPSA) is 52.0 Å². The number of nitrogens with two attached hydrogens (primary N) is 2. The van der Waals surface area contributed by atoms with Gasteiger partial charge in [-0.1, -0.05) is 27.7 Å². The van der Waals surface area contributed by atoms with Crippen LogP contribution in [-0.2, 0) is 0 Å². The van der Waals surface area contributed by atoms with Gasteiger partial charge in [0.15, 0.2) is 0 Å². The summed E-state index contributed by atoms with van der Waals surface area (Å²) in [7, 11) is 0. The molecule has 2 nitrogen and oxygen atoms in total. The van der Waals surface area contributed by atoms with Crippen molar-refractivity contribution in [2.45, 2.75) is 64.5 Å². The van der Waals surface area contributed by atoms with E-state index in [9.17, 15) is 0 Å². The summed E-state index contributed by atoms with van der Waals surface area (Å²) >= 11 is 0. The fourth-order valence-corrected chi connectivity index (χ4v) is 1.91. The Kier molecular flexibility index (Phi) is 11.1. The van der Waals surface area contributed by atoms with E-state index in [1.165, 1.54) is 0 Å². The predicted molar refractivity (Wildman–Crippen MR) is 69.5 cm³/mol. The third-order valence-corrected chi connectivity index (χ3v) is 3.52. The highest BCUT2D eigenvalue weighted by Gasteiger charge is 2.40. The van der Waals surface area contributed by atoms with Crippen molar-refractivity contribution in [1.29, 1.82) is 0 Å². The molecule has 0 fully saturated rings. The summed E-state index contributed by atoms with van der Waals surface area (Å²) < 4.78 is 0. The molecule has 0 aliphatic rings. The molecule has 90 valence electrons. The van der Waals surface area contributed by atoms with Crippen LogP contribution in [0.2, 0.25) is 0 Å². The van der Waals surface area contributed by atoms with Gasteiger partial charge >= 0.3 is 0 Å². The third kappa shape index (κ3) is 3.58. The minimum atomic E-state index is -0.184. The van der Waals surface area contributed by atoms with Gasteiger partial charge in [-0.25, -0.2) is 0 Å². The first kappa shape index (κ1) is 20.0. The second kappa shape index (κ2) is 7.75. The monoisotopic (exact) mass is 244 g/mol. The maximum Gasteiger partial charge on any atom is 0.0331 e. The molecule has 0 atom stereocenters. The van der Waals surface area contributed by atoms with Crippen molar-refractivity contribution in [3.05, 3.63) is 0 Å². The molecule has 0 radical (unpaired) electrons. The normalized spacial score (nSPS) is 11.6. The molecule has 0 aliphatic heterocycles. The van der Waals surface area contributed by atoms with Gasteiger partial charge in [-0.05, 0) is 25.7 Å². The van der Waals surface area contributed by atoms with Crippen LogP contribution in [0.1, 0.15) is 53.4 Å². The second-order valence-electron chi connectivity index (χ2n) is 3.73. The lowest BCUT2D eigenvalue weighted by Gasteiger charge is -2.44. The molecule has 0 spiro atoms. The minimum Gasteiger partial charge on any atom is -0.324 e. The van der Waals surface area contributed by atoms with Gasteiger partial charge in [-0.2, -0.15) is 0 Å². The first-order valence-corrected chi connectivity index (χ1v) is 5.07. The number of halogens is 2. The maximum atomic E-state index is 6.27. The van der Waals surface area contributed by atoms with Crippen LogP contribution in [-0.4, -0.2) is 11.1 Å². The van der Waals surface area contributed by atoms with Gasteiger partial charge < -0.3 is 11.5 Å². The Hall–Kier alpha value is 0.500. The molecule has 0 aromatic heterocycles. The Labute approximate surface area is 101 Å². The fraction of sp³-hybridized carbons (Fsp3) is 1.00. The first-order valence-electron chi connectivity index (χ1n) is 5.07. The summed E-state index contributed by atoms with van der Waals surface area (Å²) in [5.41, 5.74) is 12.2. The average molecular weight is 245 g/mol. The summed E-state index contributed by atoms with van der Waals surface area (Å²) in [6.07, 6.45) is 3.84. The average Bonchev–Trinajstić information content (AvgIpc) is 2.15. The van der Waals surface area contributed by atoms with Gasteiger partial charge in [0.2, 0.25) is 0 Å². The lowest BCUT2D eigenvalue weighted by molar-refractivity contribution is 0.189. The van der Waals surface area contributed by atoms with Crippen molar-refractivity contribution in [3.8, 4) is 0 Å². The van der Waals surface area contributed by atoms with Gasteiger partial charge in [0, 0.05) is 11.1 Å². The maximum absolute atomic E-state index is 6.27. The van der Waals surface area contributed by atoms with E-state index < -0.39 is 0 Å². The third-order valence-electron chi connectivity index (χ3n) is 3.52. The van der Waals surface area contributed by atoms with Crippen LogP contribution in [0, 0.1) is 0 Å². The Morgan fingerprint density at radius 2 is 0.786 bits per heavy atom. The molecular formula is C10H26Cl2N2. The van der Waals surface area contributed by atoms with Gasteiger partial charge in [-0.15, -0.1) is 24.8 Å². The molecule has 4 N–H and O–H groups in total. The van der Waals surface area contributed by atoms with Crippen molar-refractivity contribution in [1.82, 2.24) is 0 Å². The van der Waals surface area contributed by atoms with Crippen LogP contribution < -0.4 is 11.5 Å². The Balaban J connectivity index is -0.000000605. The number of hydrogen-bond donors (Lipinski definition) is 2. The highest BCUT2D eigenvalue weighted by molar-refractivity contribution is 5.85. The number of hydrogen-bond acceptors (Lipinski definition) is 2. The fourth-order valence-electron chi connectivity index (χ4n) is 1.91. The van der Waals surface area contributed by atoms with Gasteiger partial charge in [0.25, 0.3) is 0 Å². The Bertz CT molecular complexity index is 116. The minimum absolute atomic E-state index is 0. The molecule has 0 heterocycles. The van der Waals surface area contributed by atoms with Gasteiger partial charge in [0.1, 0.15) is 0 Å². The SMILES string of the molecule is CCC(N)(CC)C(N)(CC)CC.Cl.Cl. The molecule has 0 amide bonds. The standard InChI is InChI=1S/C10H24N2.2ClH/c1-5-9(11,6-2)10(12,7-3)8-4;;/h5-8,11-12H2,1-4H3;2*1H. The van der Waals surface area contributed by atoms with Crippen LogP contribution in [0.3, 0.4) is 0 Å². The smallest absolute Gasteiger partial charge is 0.0331 e. The zero-order chi connectivity index (χ0) is 9.83. The molecule has 0 aromatic carbocycles.